The Morgan fingerprint density at radius 1 is 1.39 bits per heavy atom. The van der Waals surface area contributed by atoms with Crippen molar-refractivity contribution in [2.24, 2.45) is 0 Å². The Morgan fingerprint density at radius 2 is 2.28 bits per heavy atom. The summed E-state index contributed by atoms with van der Waals surface area (Å²) in [6.07, 6.45) is 1.69. The molecule has 0 unspecified atom stereocenters. The first-order chi connectivity index (χ1) is 8.74. The van der Waals surface area contributed by atoms with Gasteiger partial charge >= 0.3 is 0 Å². The molecule has 0 aliphatic heterocycles. The van der Waals surface area contributed by atoms with Gasteiger partial charge in [-0.05, 0) is 17.5 Å². The molecule has 7 heteroatoms. The van der Waals surface area contributed by atoms with Gasteiger partial charge in [0.15, 0.2) is 0 Å². The predicted molar refractivity (Wildman–Crippen MR) is 70.3 cm³/mol. The van der Waals surface area contributed by atoms with Gasteiger partial charge in [-0.15, -0.1) is 11.3 Å². The first-order valence-electron chi connectivity index (χ1n) is 5.09. The van der Waals surface area contributed by atoms with Crippen molar-refractivity contribution in [1.29, 1.82) is 0 Å². The summed E-state index contributed by atoms with van der Waals surface area (Å²) in [5.74, 6) is 0.196. The number of hydrogen-bond donors (Lipinski definition) is 1. The van der Waals surface area contributed by atoms with Crippen LogP contribution in [0.1, 0.15) is 0 Å². The van der Waals surface area contributed by atoms with E-state index in [1.54, 1.807) is 17.5 Å². The second-order valence-corrected chi connectivity index (χ2v) is 4.88. The summed E-state index contributed by atoms with van der Waals surface area (Å²) in [6.45, 7) is 0. The minimum Gasteiger partial charge on any atom is -0.286 e. The Bertz CT molecular complexity index is 732. The first kappa shape index (κ1) is 11.2. The van der Waals surface area contributed by atoms with Gasteiger partial charge in [-0.25, -0.2) is 4.68 Å². The van der Waals surface area contributed by atoms with Gasteiger partial charge in [0.2, 0.25) is 11.2 Å². The van der Waals surface area contributed by atoms with E-state index in [0.717, 1.165) is 10.6 Å². The molecule has 5 nitrogen and oxygen atoms in total. The number of nitrogens with zero attached hydrogens (tertiary/aromatic N) is 3. The molecule has 18 heavy (non-hydrogen) atoms. The minimum absolute atomic E-state index is 0.196. The van der Waals surface area contributed by atoms with Crippen LogP contribution in [0, 0.1) is 0 Å². The van der Waals surface area contributed by atoms with Crippen LogP contribution in [-0.2, 0) is 0 Å². The molecule has 90 valence electrons. The summed E-state index contributed by atoms with van der Waals surface area (Å²) >= 11 is 7.23. The molecule has 3 heterocycles. The van der Waals surface area contributed by atoms with E-state index in [0.29, 0.717) is 0 Å². The van der Waals surface area contributed by atoms with E-state index in [4.69, 9.17) is 11.6 Å². The summed E-state index contributed by atoms with van der Waals surface area (Å²) < 4.78 is 1.43. The molecule has 0 aromatic carbocycles. The highest BCUT2D eigenvalue weighted by Gasteiger charge is 2.08. The van der Waals surface area contributed by atoms with Crippen LogP contribution < -0.4 is 5.43 Å². The van der Waals surface area contributed by atoms with Crippen molar-refractivity contribution in [2.45, 2.75) is 0 Å². The lowest BCUT2D eigenvalue weighted by molar-refractivity contribution is 0.808. The summed E-state index contributed by atoms with van der Waals surface area (Å²) in [7, 11) is 0. The molecule has 0 aliphatic carbocycles. The van der Waals surface area contributed by atoms with Crippen molar-refractivity contribution < 1.29 is 0 Å². The Morgan fingerprint density at radius 3 is 3.00 bits per heavy atom. The topological polar surface area (TPSA) is 63.6 Å². The zero-order valence-electron chi connectivity index (χ0n) is 9.00. The second kappa shape index (κ2) is 4.40. The molecule has 0 amide bonds. The maximum absolute atomic E-state index is 11.7. The zero-order valence-corrected chi connectivity index (χ0v) is 10.6. The molecule has 0 saturated carbocycles. The summed E-state index contributed by atoms with van der Waals surface area (Å²) in [5, 5.41) is 12.9. The molecule has 3 aromatic rings. The van der Waals surface area contributed by atoms with E-state index in [2.05, 4.69) is 15.3 Å². The fraction of sp³-hybridized carbons (Fsp3) is 0. The first-order valence-corrected chi connectivity index (χ1v) is 6.35. The van der Waals surface area contributed by atoms with Crippen molar-refractivity contribution in [1.82, 2.24) is 20.0 Å². The molecule has 0 bridgehead atoms. The van der Waals surface area contributed by atoms with Crippen LogP contribution in [0.4, 0.5) is 0 Å². The van der Waals surface area contributed by atoms with Crippen LogP contribution in [0.25, 0.3) is 16.4 Å². The number of thiophene rings is 1. The summed E-state index contributed by atoms with van der Waals surface area (Å²) in [5.41, 5.74) is 0.528. The monoisotopic (exact) mass is 278 g/mol. The Hall–Kier alpha value is -1.92. The zero-order chi connectivity index (χ0) is 12.5. The number of aromatic nitrogens is 4. The van der Waals surface area contributed by atoms with Crippen LogP contribution in [0.2, 0.25) is 5.15 Å². The van der Waals surface area contributed by atoms with Gasteiger partial charge in [0, 0.05) is 12.3 Å². The van der Waals surface area contributed by atoms with Crippen molar-refractivity contribution >= 4 is 22.9 Å². The third-order valence-corrected chi connectivity index (χ3v) is 3.41. The van der Waals surface area contributed by atoms with Gasteiger partial charge in [0.25, 0.3) is 0 Å². The van der Waals surface area contributed by atoms with Crippen LogP contribution >= 0.6 is 22.9 Å². The average Bonchev–Trinajstić information content (AvgIpc) is 2.99. The third-order valence-electron chi connectivity index (χ3n) is 2.33. The molecule has 0 fully saturated rings. The highest BCUT2D eigenvalue weighted by Crippen LogP contribution is 2.22. The van der Waals surface area contributed by atoms with E-state index in [1.165, 1.54) is 10.7 Å². The highest BCUT2D eigenvalue weighted by molar-refractivity contribution is 7.13. The van der Waals surface area contributed by atoms with Gasteiger partial charge in [-0.1, -0.05) is 17.7 Å². The van der Waals surface area contributed by atoms with Gasteiger partial charge < -0.3 is 0 Å². The van der Waals surface area contributed by atoms with Gasteiger partial charge in [-0.2, -0.15) is 10.2 Å². The molecule has 0 spiro atoms. The van der Waals surface area contributed by atoms with E-state index in [1.807, 2.05) is 23.6 Å². The lowest BCUT2D eigenvalue weighted by atomic mass is 10.3. The number of aromatic amines is 1. The quantitative estimate of drug-likeness (QED) is 0.782. The predicted octanol–water partition coefficient (Wildman–Crippen LogP) is 2.34. The van der Waals surface area contributed by atoms with Crippen molar-refractivity contribution in [3.05, 3.63) is 51.2 Å². The maximum atomic E-state index is 11.7. The highest BCUT2D eigenvalue weighted by atomic mass is 35.5. The fourth-order valence-electron chi connectivity index (χ4n) is 1.54. The van der Waals surface area contributed by atoms with E-state index >= 15 is 0 Å². The standard InChI is InChI=1S/C11H7ClN4OS/c12-10-6-8(17)11(14-13-10)16-4-3-7(15-16)9-2-1-5-18-9/h1-6H,(H,13,17). The summed E-state index contributed by atoms with van der Waals surface area (Å²) in [4.78, 5) is 12.8. The molecule has 3 rings (SSSR count). The number of rotatable bonds is 2. The van der Waals surface area contributed by atoms with Crippen LogP contribution in [0.5, 0.6) is 0 Å². The Kier molecular flexibility index (Phi) is 2.73. The van der Waals surface area contributed by atoms with E-state index in [-0.39, 0.29) is 16.4 Å². The lowest BCUT2D eigenvalue weighted by Crippen LogP contribution is -2.14. The molecule has 0 atom stereocenters. The van der Waals surface area contributed by atoms with Gasteiger partial charge in [-0.3, -0.25) is 9.89 Å². The number of halogens is 1. The normalized spacial score (nSPS) is 10.7. The van der Waals surface area contributed by atoms with Gasteiger partial charge in [0.05, 0.1) is 4.88 Å². The van der Waals surface area contributed by atoms with Crippen molar-refractivity contribution in [3.63, 3.8) is 0 Å². The molecular weight excluding hydrogens is 272 g/mol. The molecular formula is C11H7ClN4OS. The van der Waals surface area contributed by atoms with Crippen molar-refractivity contribution in [3.8, 4) is 16.4 Å². The molecule has 0 radical (unpaired) electrons. The van der Waals surface area contributed by atoms with Crippen LogP contribution in [0.3, 0.4) is 0 Å². The maximum Gasteiger partial charge on any atom is 0.227 e. The number of H-pyrrole nitrogens is 1. The van der Waals surface area contributed by atoms with Crippen LogP contribution in [-0.4, -0.2) is 20.0 Å². The fourth-order valence-corrected chi connectivity index (χ4v) is 2.37. The van der Waals surface area contributed by atoms with E-state index in [9.17, 15) is 4.79 Å². The van der Waals surface area contributed by atoms with E-state index < -0.39 is 0 Å². The number of nitrogens with one attached hydrogen (secondary N) is 1. The van der Waals surface area contributed by atoms with Gasteiger partial charge in [0.1, 0.15) is 10.8 Å². The lowest BCUT2D eigenvalue weighted by Gasteiger charge is -1.98. The Labute approximate surface area is 111 Å². The molecule has 1 N–H and O–H groups in total. The smallest absolute Gasteiger partial charge is 0.227 e. The largest absolute Gasteiger partial charge is 0.286 e. The SMILES string of the molecule is O=c1cc(Cl)[nH]nc1-n1ccc(-c2cccs2)n1. The van der Waals surface area contributed by atoms with Crippen molar-refractivity contribution in [2.75, 3.05) is 0 Å². The number of hydrogen-bond acceptors (Lipinski definition) is 4. The third kappa shape index (κ3) is 1.96. The second-order valence-electron chi connectivity index (χ2n) is 3.53. The average molecular weight is 279 g/mol. The minimum atomic E-state index is -0.278. The van der Waals surface area contributed by atoms with Crippen LogP contribution in [0.15, 0.2) is 40.6 Å². The summed E-state index contributed by atoms with van der Waals surface area (Å²) in [6, 6.07) is 7.03. The molecule has 0 saturated heterocycles. The molecule has 0 aliphatic rings. The molecule has 3 aromatic heterocycles. The Balaban J connectivity index is 2.06.